The van der Waals surface area contributed by atoms with E-state index in [1.807, 2.05) is 20.8 Å². The topological polar surface area (TPSA) is 38.7 Å². The highest BCUT2D eigenvalue weighted by Crippen LogP contribution is 2.48. The number of ether oxygens (including phenoxy) is 2. The molecule has 100 valence electrons. The first kappa shape index (κ1) is 13.3. The Kier molecular flexibility index (Phi) is 3.54. The van der Waals surface area contributed by atoms with Gasteiger partial charge in [-0.3, -0.25) is 0 Å². The van der Waals surface area contributed by atoms with Gasteiger partial charge in [0.2, 0.25) is 0 Å². The predicted molar refractivity (Wildman–Crippen MR) is 66.6 cm³/mol. The largest absolute Gasteiger partial charge is 0.381 e. The normalized spacial score (nSPS) is 43.2. The molecule has 1 N–H and O–H groups in total. The van der Waals surface area contributed by atoms with Crippen LogP contribution in [0.3, 0.4) is 0 Å². The average Bonchev–Trinajstić information content (AvgIpc) is 2.46. The van der Waals surface area contributed by atoms with Gasteiger partial charge in [0, 0.05) is 24.9 Å². The number of aliphatic hydroxyl groups is 1. The van der Waals surface area contributed by atoms with Crippen LogP contribution in [0.25, 0.3) is 0 Å². The van der Waals surface area contributed by atoms with Crippen molar-refractivity contribution < 1.29 is 14.6 Å². The SMILES string of the molecule is CO[C@@H]1CCCC[C@H]2O[C@](O)(C(C)(C)C)C[C@@H]12. The van der Waals surface area contributed by atoms with E-state index in [4.69, 9.17) is 9.47 Å². The third kappa shape index (κ3) is 2.38. The molecule has 1 saturated heterocycles. The van der Waals surface area contributed by atoms with E-state index >= 15 is 0 Å². The predicted octanol–water partition coefficient (Wildman–Crippen LogP) is 2.72. The second kappa shape index (κ2) is 4.52. The molecule has 0 aromatic rings. The van der Waals surface area contributed by atoms with Crippen molar-refractivity contribution in [2.75, 3.05) is 7.11 Å². The average molecular weight is 242 g/mol. The summed E-state index contributed by atoms with van der Waals surface area (Å²) in [6.45, 7) is 6.13. The second-order valence-corrected chi connectivity index (χ2v) is 6.62. The van der Waals surface area contributed by atoms with Crippen LogP contribution in [0.4, 0.5) is 0 Å². The first-order chi connectivity index (χ1) is 7.87. The summed E-state index contributed by atoms with van der Waals surface area (Å²) in [6.07, 6.45) is 5.68. The fraction of sp³-hybridized carbons (Fsp3) is 1.00. The maximum Gasteiger partial charge on any atom is 0.171 e. The van der Waals surface area contributed by atoms with Crippen LogP contribution in [0, 0.1) is 11.3 Å². The van der Waals surface area contributed by atoms with Gasteiger partial charge >= 0.3 is 0 Å². The van der Waals surface area contributed by atoms with Gasteiger partial charge < -0.3 is 14.6 Å². The molecular weight excluding hydrogens is 216 g/mol. The van der Waals surface area contributed by atoms with Crippen LogP contribution in [0.5, 0.6) is 0 Å². The van der Waals surface area contributed by atoms with Crippen molar-refractivity contribution in [3.8, 4) is 0 Å². The van der Waals surface area contributed by atoms with Crippen LogP contribution in [-0.2, 0) is 9.47 Å². The zero-order valence-electron chi connectivity index (χ0n) is 11.5. The van der Waals surface area contributed by atoms with Crippen molar-refractivity contribution in [2.45, 2.75) is 70.9 Å². The summed E-state index contributed by atoms with van der Waals surface area (Å²) >= 11 is 0. The fourth-order valence-corrected chi connectivity index (χ4v) is 3.16. The molecule has 1 saturated carbocycles. The van der Waals surface area contributed by atoms with Crippen molar-refractivity contribution in [3.63, 3.8) is 0 Å². The van der Waals surface area contributed by atoms with Crippen molar-refractivity contribution in [1.29, 1.82) is 0 Å². The number of methoxy groups -OCH3 is 1. The third-order valence-corrected chi connectivity index (χ3v) is 4.52. The van der Waals surface area contributed by atoms with Gasteiger partial charge in [-0.15, -0.1) is 0 Å². The van der Waals surface area contributed by atoms with Crippen molar-refractivity contribution >= 4 is 0 Å². The number of hydrogen-bond donors (Lipinski definition) is 1. The van der Waals surface area contributed by atoms with Crippen LogP contribution in [0.2, 0.25) is 0 Å². The minimum Gasteiger partial charge on any atom is -0.381 e. The lowest BCUT2D eigenvalue weighted by atomic mass is 9.80. The Labute approximate surface area is 104 Å². The first-order valence-electron chi connectivity index (χ1n) is 6.80. The molecule has 3 heteroatoms. The van der Waals surface area contributed by atoms with E-state index in [1.165, 1.54) is 12.8 Å². The summed E-state index contributed by atoms with van der Waals surface area (Å²) in [5.41, 5.74) is -0.239. The molecular formula is C14H26O3. The molecule has 0 aromatic carbocycles. The van der Waals surface area contributed by atoms with Crippen molar-refractivity contribution in [1.82, 2.24) is 0 Å². The Morgan fingerprint density at radius 3 is 2.47 bits per heavy atom. The van der Waals surface area contributed by atoms with Crippen molar-refractivity contribution in [2.24, 2.45) is 11.3 Å². The minimum atomic E-state index is -0.990. The van der Waals surface area contributed by atoms with E-state index in [1.54, 1.807) is 7.11 Å². The standard InChI is InChI=1S/C14H26O3/c1-13(2,3)14(15)9-10-11(16-4)7-5-6-8-12(10)17-14/h10-12,15H,5-9H2,1-4H3/t10-,11+,12+,14-/m0/s1. The van der Waals surface area contributed by atoms with Gasteiger partial charge in [-0.2, -0.15) is 0 Å². The van der Waals surface area contributed by atoms with Crippen LogP contribution >= 0.6 is 0 Å². The van der Waals surface area contributed by atoms with Crippen LogP contribution in [-0.4, -0.2) is 30.2 Å². The maximum absolute atomic E-state index is 10.7. The zero-order valence-corrected chi connectivity index (χ0v) is 11.5. The molecule has 17 heavy (non-hydrogen) atoms. The molecule has 0 bridgehead atoms. The lowest BCUT2D eigenvalue weighted by Gasteiger charge is -2.36. The van der Waals surface area contributed by atoms with Gasteiger partial charge in [0.15, 0.2) is 5.79 Å². The Hall–Kier alpha value is -0.120. The van der Waals surface area contributed by atoms with E-state index in [9.17, 15) is 5.11 Å². The summed E-state index contributed by atoms with van der Waals surface area (Å²) in [5, 5.41) is 10.7. The Morgan fingerprint density at radius 1 is 1.24 bits per heavy atom. The summed E-state index contributed by atoms with van der Waals surface area (Å²) < 4.78 is 11.6. The molecule has 0 spiro atoms. The molecule has 0 aromatic heterocycles. The molecule has 0 radical (unpaired) electrons. The van der Waals surface area contributed by atoms with Gasteiger partial charge in [-0.25, -0.2) is 0 Å². The van der Waals surface area contributed by atoms with Gasteiger partial charge in [-0.1, -0.05) is 33.6 Å². The summed E-state index contributed by atoms with van der Waals surface area (Å²) in [6, 6.07) is 0. The molecule has 0 amide bonds. The van der Waals surface area contributed by atoms with E-state index in [0.717, 1.165) is 12.8 Å². The zero-order chi connectivity index (χ0) is 12.7. The quantitative estimate of drug-likeness (QED) is 0.768. The second-order valence-electron chi connectivity index (χ2n) is 6.62. The van der Waals surface area contributed by atoms with Crippen LogP contribution in [0.15, 0.2) is 0 Å². The Morgan fingerprint density at radius 2 is 1.88 bits per heavy atom. The number of hydrogen-bond acceptors (Lipinski definition) is 3. The van der Waals surface area contributed by atoms with Crippen LogP contribution < -0.4 is 0 Å². The molecule has 2 fully saturated rings. The van der Waals surface area contributed by atoms with E-state index in [-0.39, 0.29) is 17.6 Å². The number of rotatable bonds is 1. The molecule has 1 aliphatic heterocycles. The van der Waals surface area contributed by atoms with E-state index < -0.39 is 5.79 Å². The molecule has 3 nitrogen and oxygen atoms in total. The summed E-state index contributed by atoms with van der Waals surface area (Å²) in [4.78, 5) is 0. The van der Waals surface area contributed by atoms with E-state index in [2.05, 4.69) is 0 Å². The molecule has 0 unspecified atom stereocenters. The van der Waals surface area contributed by atoms with Gasteiger partial charge in [0.1, 0.15) is 0 Å². The Bertz CT molecular complexity index is 271. The highest BCUT2D eigenvalue weighted by molar-refractivity contribution is 4.97. The monoisotopic (exact) mass is 242 g/mol. The highest BCUT2D eigenvalue weighted by Gasteiger charge is 2.54. The van der Waals surface area contributed by atoms with E-state index in [0.29, 0.717) is 12.3 Å². The molecule has 1 heterocycles. The van der Waals surface area contributed by atoms with Crippen molar-refractivity contribution in [3.05, 3.63) is 0 Å². The molecule has 2 aliphatic rings. The summed E-state index contributed by atoms with van der Waals surface area (Å²) in [7, 11) is 1.78. The Balaban J connectivity index is 2.17. The smallest absolute Gasteiger partial charge is 0.171 e. The lowest BCUT2D eigenvalue weighted by molar-refractivity contribution is -0.250. The highest BCUT2D eigenvalue weighted by atomic mass is 16.6. The molecule has 4 atom stereocenters. The first-order valence-corrected chi connectivity index (χ1v) is 6.80. The van der Waals surface area contributed by atoms with Gasteiger partial charge in [0.25, 0.3) is 0 Å². The van der Waals surface area contributed by atoms with Gasteiger partial charge in [0.05, 0.1) is 12.2 Å². The molecule has 2 rings (SSSR count). The summed E-state index contributed by atoms with van der Waals surface area (Å²) in [5.74, 6) is -0.636. The third-order valence-electron chi connectivity index (χ3n) is 4.52. The maximum atomic E-state index is 10.7. The number of fused-ring (bicyclic) bond motifs is 1. The fourth-order valence-electron chi connectivity index (χ4n) is 3.16. The minimum absolute atomic E-state index is 0.173. The molecule has 1 aliphatic carbocycles. The van der Waals surface area contributed by atoms with Gasteiger partial charge in [-0.05, 0) is 12.8 Å². The lowest BCUT2D eigenvalue weighted by Crippen LogP contribution is -2.43. The van der Waals surface area contributed by atoms with Crippen LogP contribution in [0.1, 0.15) is 52.9 Å².